The van der Waals surface area contributed by atoms with E-state index in [1.807, 2.05) is 25.1 Å². The molecule has 1 aliphatic rings. The fraction of sp³-hybridized carbons (Fsp3) is 0.333. The molecule has 1 amide bonds. The number of hydrogen-bond donors (Lipinski definition) is 2. The van der Waals surface area contributed by atoms with Crippen LogP contribution in [0.5, 0.6) is 0 Å². The highest BCUT2D eigenvalue weighted by molar-refractivity contribution is 5.93. The molecule has 0 aliphatic carbocycles. The summed E-state index contributed by atoms with van der Waals surface area (Å²) >= 11 is 0. The van der Waals surface area contributed by atoms with Crippen LogP contribution in [0.25, 0.3) is 11.5 Å². The van der Waals surface area contributed by atoms with Gasteiger partial charge < -0.3 is 15.1 Å². The van der Waals surface area contributed by atoms with Crippen molar-refractivity contribution in [3.05, 3.63) is 36.2 Å². The van der Waals surface area contributed by atoms with Crippen LogP contribution in [0.15, 0.2) is 35.1 Å². The molecule has 0 bridgehead atoms. The van der Waals surface area contributed by atoms with Crippen molar-refractivity contribution in [3.8, 4) is 11.5 Å². The number of aromatic nitrogens is 1. The third-order valence-electron chi connectivity index (χ3n) is 3.60. The van der Waals surface area contributed by atoms with Gasteiger partial charge in [0.1, 0.15) is 6.26 Å². The average molecular weight is 308 g/mol. The van der Waals surface area contributed by atoms with E-state index in [1.165, 1.54) is 0 Å². The van der Waals surface area contributed by atoms with Crippen LogP contribution in [0.3, 0.4) is 0 Å². The van der Waals surface area contributed by atoms with E-state index in [0.717, 1.165) is 36.3 Å². The smallest absolute Gasteiger partial charge is 0.228 e. The fourth-order valence-electron chi connectivity index (χ4n) is 2.41. The van der Waals surface area contributed by atoms with E-state index in [0.29, 0.717) is 5.89 Å². The number of carbonyl (C=O) groups excluding carboxylic acids is 1. The summed E-state index contributed by atoms with van der Waals surface area (Å²) in [5.41, 5.74) is 2.74. The Bertz CT molecular complexity index is 607. The number of aryl methyl sites for hydroxylation is 1. The van der Waals surface area contributed by atoms with Crippen molar-refractivity contribution in [2.45, 2.75) is 13.3 Å². The standard InChI is InChI=1S/C15H17N3O2.ClH/c1-10-2-3-12(8-13(10)15-17-6-7-20-15)18-14(19)11-4-5-16-9-11;/h2-3,6-8,11,16H,4-5,9H2,1H3,(H,18,19);1H. The van der Waals surface area contributed by atoms with Crippen LogP contribution >= 0.6 is 12.4 Å². The van der Waals surface area contributed by atoms with Gasteiger partial charge in [-0.2, -0.15) is 0 Å². The molecule has 21 heavy (non-hydrogen) atoms. The number of amides is 1. The first-order chi connectivity index (χ1) is 9.74. The van der Waals surface area contributed by atoms with Crippen molar-refractivity contribution >= 4 is 24.0 Å². The van der Waals surface area contributed by atoms with E-state index in [1.54, 1.807) is 12.5 Å². The van der Waals surface area contributed by atoms with Crippen molar-refractivity contribution in [2.75, 3.05) is 18.4 Å². The summed E-state index contributed by atoms with van der Waals surface area (Å²) in [4.78, 5) is 16.3. The molecule has 0 spiro atoms. The first kappa shape index (κ1) is 15.5. The van der Waals surface area contributed by atoms with Crippen LogP contribution in [-0.2, 0) is 4.79 Å². The zero-order chi connectivity index (χ0) is 13.9. The Kier molecular flexibility index (Phi) is 4.98. The summed E-state index contributed by atoms with van der Waals surface area (Å²) in [6.07, 6.45) is 4.05. The third kappa shape index (κ3) is 3.43. The largest absolute Gasteiger partial charge is 0.445 e. The van der Waals surface area contributed by atoms with E-state index in [2.05, 4.69) is 15.6 Å². The molecule has 112 valence electrons. The number of anilines is 1. The summed E-state index contributed by atoms with van der Waals surface area (Å²) in [6, 6.07) is 5.77. The Morgan fingerprint density at radius 1 is 1.48 bits per heavy atom. The van der Waals surface area contributed by atoms with Gasteiger partial charge in [0.15, 0.2) is 0 Å². The molecule has 1 aromatic carbocycles. The second-order valence-corrected chi connectivity index (χ2v) is 5.05. The molecular formula is C15H18ClN3O2. The van der Waals surface area contributed by atoms with E-state index in [9.17, 15) is 4.79 Å². The van der Waals surface area contributed by atoms with Gasteiger partial charge in [-0.3, -0.25) is 4.79 Å². The van der Waals surface area contributed by atoms with Gasteiger partial charge in [0, 0.05) is 17.8 Å². The van der Waals surface area contributed by atoms with Crippen molar-refractivity contribution in [3.63, 3.8) is 0 Å². The van der Waals surface area contributed by atoms with Gasteiger partial charge in [-0.25, -0.2) is 4.98 Å². The number of benzene rings is 1. The number of carbonyl (C=O) groups is 1. The number of rotatable bonds is 3. The predicted octanol–water partition coefficient (Wildman–Crippen LogP) is 2.62. The maximum absolute atomic E-state index is 12.1. The quantitative estimate of drug-likeness (QED) is 0.914. The van der Waals surface area contributed by atoms with Crippen LogP contribution < -0.4 is 10.6 Å². The molecule has 2 N–H and O–H groups in total. The molecule has 0 radical (unpaired) electrons. The highest BCUT2D eigenvalue weighted by Gasteiger charge is 2.22. The average Bonchev–Trinajstić information content (AvgIpc) is 3.14. The van der Waals surface area contributed by atoms with Gasteiger partial charge in [0.25, 0.3) is 0 Å². The molecule has 2 aromatic rings. The molecule has 1 aliphatic heterocycles. The van der Waals surface area contributed by atoms with Gasteiger partial charge in [-0.1, -0.05) is 6.07 Å². The fourth-order valence-corrected chi connectivity index (χ4v) is 2.41. The van der Waals surface area contributed by atoms with E-state index >= 15 is 0 Å². The lowest BCUT2D eigenvalue weighted by Crippen LogP contribution is -2.24. The first-order valence-corrected chi connectivity index (χ1v) is 6.76. The highest BCUT2D eigenvalue weighted by atomic mass is 35.5. The molecule has 1 unspecified atom stereocenters. The van der Waals surface area contributed by atoms with E-state index in [4.69, 9.17) is 4.42 Å². The number of halogens is 1. The zero-order valence-corrected chi connectivity index (χ0v) is 12.6. The van der Waals surface area contributed by atoms with Gasteiger partial charge in [-0.15, -0.1) is 12.4 Å². The lowest BCUT2D eigenvalue weighted by molar-refractivity contribution is -0.119. The summed E-state index contributed by atoms with van der Waals surface area (Å²) in [6.45, 7) is 3.66. The molecule has 5 nitrogen and oxygen atoms in total. The molecule has 0 saturated carbocycles. The molecule has 6 heteroatoms. The second kappa shape index (κ2) is 6.74. The monoisotopic (exact) mass is 307 g/mol. The minimum absolute atomic E-state index is 0. The number of oxazole rings is 1. The van der Waals surface area contributed by atoms with Crippen LogP contribution in [0, 0.1) is 12.8 Å². The number of nitrogens with one attached hydrogen (secondary N) is 2. The maximum atomic E-state index is 12.1. The topological polar surface area (TPSA) is 67.2 Å². The highest BCUT2D eigenvalue weighted by Crippen LogP contribution is 2.25. The summed E-state index contributed by atoms with van der Waals surface area (Å²) in [5.74, 6) is 0.694. The second-order valence-electron chi connectivity index (χ2n) is 5.05. The Hall–Kier alpha value is -1.85. The Morgan fingerprint density at radius 3 is 3.00 bits per heavy atom. The Balaban J connectivity index is 0.00000161. The van der Waals surface area contributed by atoms with Crippen molar-refractivity contribution in [1.82, 2.24) is 10.3 Å². The minimum Gasteiger partial charge on any atom is -0.445 e. The van der Waals surface area contributed by atoms with Crippen molar-refractivity contribution in [1.29, 1.82) is 0 Å². The molecule has 3 rings (SSSR count). The molecular weight excluding hydrogens is 290 g/mol. The maximum Gasteiger partial charge on any atom is 0.228 e. The normalized spacial score (nSPS) is 17.3. The summed E-state index contributed by atoms with van der Waals surface area (Å²) < 4.78 is 5.33. The van der Waals surface area contributed by atoms with Crippen LogP contribution in [-0.4, -0.2) is 24.0 Å². The lowest BCUT2D eigenvalue weighted by Gasteiger charge is -2.11. The van der Waals surface area contributed by atoms with E-state index in [-0.39, 0.29) is 24.2 Å². The van der Waals surface area contributed by atoms with Crippen LogP contribution in [0.1, 0.15) is 12.0 Å². The molecule has 1 saturated heterocycles. The van der Waals surface area contributed by atoms with E-state index < -0.39 is 0 Å². The lowest BCUT2D eigenvalue weighted by atomic mass is 10.1. The SMILES string of the molecule is Cc1ccc(NC(=O)C2CCNC2)cc1-c1ncco1.Cl. The minimum atomic E-state index is 0. The molecule has 1 fully saturated rings. The predicted molar refractivity (Wildman–Crippen MR) is 83.5 cm³/mol. The molecule has 1 aromatic heterocycles. The summed E-state index contributed by atoms with van der Waals surface area (Å²) in [7, 11) is 0. The number of nitrogens with zero attached hydrogens (tertiary/aromatic N) is 1. The first-order valence-electron chi connectivity index (χ1n) is 6.76. The van der Waals surface area contributed by atoms with Gasteiger partial charge in [0.05, 0.1) is 12.1 Å². The van der Waals surface area contributed by atoms with Crippen molar-refractivity contribution in [2.24, 2.45) is 5.92 Å². The van der Waals surface area contributed by atoms with Gasteiger partial charge in [0.2, 0.25) is 11.8 Å². The van der Waals surface area contributed by atoms with Crippen LogP contribution in [0.4, 0.5) is 5.69 Å². The van der Waals surface area contributed by atoms with Gasteiger partial charge in [-0.05, 0) is 37.6 Å². The Labute approximate surface area is 129 Å². The van der Waals surface area contributed by atoms with Crippen LogP contribution in [0.2, 0.25) is 0 Å². The molecule has 2 heterocycles. The third-order valence-corrected chi connectivity index (χ3v) is 3.60. The zero-order valence-electron chi connectivity index (χ0n) is 11.8. The number of hydrogen-bond acceptors (Lipinski definition) is 4. The summed E-state index contributed by atoms with van der Waals surface area (Å²) in [5, 5.41) is 6.16. The van der Waals surface area contributed by atoms with Gasteiger partial charge >= 0.3 is 0 Å². The van der Waals surface area contributed by atoms with Crippen molar-refractivity contribution < 1.29 is 9.21 Å². The Morgan fingerprint density at radius 2 is 2.33 bits per heavy atom. The molecule has 1 atom stereocenters.